The van der Waals surface area contributed by atoms with E-state index in [0.717, 1.165) is 6.20 Å². The van der Waals surface area contributed by atoms with E-state index in [1.54, 1.807) is 30.6 Å². The van der Waals surface area contributed by atoms with Crippen LogP contribution in [0.4, 0.5) is 8.78 Å². The third-order valence-electron chi connectivity index (χ3n) is 3.32. The molecule has 0 aliphatic rings. The molecule has 1 aromatic carbocycles. The molecule has 0 amide bonds. The predicted octanol–water partition coefficient (Wildman–Crippen LogP) is 2.97. The highest BCUT2D eigenvalue weighted by molar-refractivity contribution is 6.29. The summed E-state index contributed by atoms with van der Waals surface area (Å²) in [6.45, 7) is 0.124. The molecule has 0 saturated carbocycles. The van der Waals surface area contributed by atoms with Crippen molar-refractivity contribution < 1.29 is 13.6 Å². The molecule has 0 spiro atoms. The predicted molar refractivity (Wildman–Crippen MR) is 83.1 cm³/mol. The summed E-state index contributed by atoms with van der Waals surface area (Å²) in [6.07, 6.45) is 2.68. The van der Waals surface area contributed by atoms with Crippen molar-refractivity contribution in [1.82, 2.24) is 19.7 Å². The first kappa shape index (κ1) is 16.2. The summed E-state index contributed by atoms with van der Waals surface area (Å²) < 4.78 is 28.5. The van der Waals surface area contributed by atoms with E-state index in [4.69, 9.17) is 11.6 Å². The van der Waals surface area contributed by atoms with E-state index in [1.165, 1.54) is 10.7 Å². The molecule has 0 bridgehead atoms. The van der Waals surface area contributed by atoms with E-state index in [-0.39, 0.29) is 29.8 Å². The monoisotopic (exact) mass is 347 g/mol. The molecule has 0 fully saturated rings. The summed E-state index contributed by atoms with van der Waals surface area (Å²) in [5.74, 6) is -1.01. The van der Waals surface area contributed by atoms with E-state index in [9.17, 15) is 13.6 Å². The smallest absolute Gasteiger partial charge is 0.204 e. The molecule has 2 aromatic heterocycles. The molecule has 0 aliphatic carbocycles. The minimum atomic E-state index is -0.743. The molecule has 0 atom stereocenters. The van der Waals surface area contributed by atoms with Crippen LogP contribution in [0.1, 0.15) is 11.3 Å². The first-order valence-electron chi connectivity index (χ1n) is 6.92. The van der Waals surface area contributed by atoms with Crippen molar-refractivity contribution in [3.05, 3.63) is 64.6 Å². The molecule has 1 radical (unpaired) electrons. The first-order valence-corrected chi connectivity index (χ1v) is 7.30. The van der Waals surface area contributed by atoms with Crippen molar-refractivity contribution in [3.63, 3.8) is 0 Å². The van der Waals surface area contributed by atoms with Crippen LogP contribution < -0.4 is 0 Å². The third-order valence-corrected chi connectivity index (χ3v) is 3.59. The fourth-order valence-corrected chi connectivity index (χ4v) is 2.30. The van der Waals surface area contributed by atoms with Crippen LogP contribution >= 0.6 is 11.6 Å². The van der Waals surface area contributed by atoms with Crippen molar-refractivity contribution in [1.29, 1.82) is 0 Å². The van der Waals surface area contributed by atoms with Crippen molar-refractivity contribution in [2.45, 2.75) is 13.0 Å². The summed E-state index contributed by atoms with van der Waals surface area (Å²) >= 11 is 5.65. The second-order valence-corrected chi connectivity index (χ2v) is 5.28. The Kier molecular flexibility index (Phi) is 4.61. The van der Waals surface area contributed by atoms with Gasteiger partial charge < -0.3 is 0 Å². The lowest BCUT2D eigenvalue weighted by Gasteiger charge is -2.06. The zero-order valence-corrected chi connectivity index (χ0v) is 13.0. The molecule has 5 nitrogen and oxygen atoms in total. The Morgan fingerprint density at radius 3 is 2.71 bits per heavy atom. The van der Waals surface area contributed by atoms with Crippen LogP contribution in [0.3, 0.4) is 0 Å². The van der Waals surface area contributed by atoms with Gasteiger partial charge in [0.25, 0.3) is 0 Å². The molecule has 24 heavy (non-hydrogen) atoms. The summed E-state index contributed by atoms with van der Waals surface area (Å²) in [5, 5.41) is 3.94. The highest BCUT2D eigenvalue weighted by Gasteiger charge is 2.15. The third kappa shape index (κ3) is 3.30. The quantitative estimate of drug-likeness (QED) is 0.666. The Hall–Kier alpha value is -2.67. The van der Waals surface area contributed by atoms with E-state index in [2.05, 4.69) is 15.1 Å². The molecule has 121 valence electrons. The lowest BCUT2D eigenvalue weighted by molar-refractivity contribution is 0.549. The minimum Gasteiger partial charge on any atom is -0.290 e. The van der Waals surface area contributed by atoms with E-state index in [0.29, 0.717) is 17.0 Å². The fraction of sp³-hybridized carbons (Fsp3) is 0.125. The average molecular weight is 348 g/mol. The van der Waals surface area contributed by atoms with Crippen LogP contribution in [0.15, 0.2) is 36.5 Å². The van der Waals surface area contributed by atoms with Crippen molar-refractivity contribution in [2.75, 3.05) is 0 Å². The highest BCUT2D eigenvalue weighted by Crippen LogP contribution is 2.20. The molecule has 0 aliphatic heterocycles. The van der Waals surface area contributed by atoms with Crippen LogP contribution in [0.5, 0.6) is 0 Å². The van der Waals surface area contributed by atoms with Crippen molar-refractivity contribution >= 4 is 17.9 Å². The topological polar surface area (TPSA) is 60.7 Å². The van der Waals surface area contributed by atoms with Crippen molar-refractivity contribution in [3.8, 4) is 11.5 Å². The Bertz CT molecular complexity index is 898. The minimum absolute atomic E-state index is 0.0314. The van der Waals surface area contributed by atoms with Gasteiger partial charge in [-0.15, -0.1) is 0 Å². The van der Waals surface area contributed by atoms with Crippen LogP contribution in [0.25, 0.3) is 11.5 Å². The number of benzene rings is 1. The summed E-state index contributed by atoms with van der Waals surface area (Å²) in [5.41, 5.74) is 1.23. The van der Waals surface area contributed by atoms with Gasteiger partial charge in [0, 0.05) is 11.3 Å². The van der Waals surface area contributed by atoms with E-state index < -0.39 is 5.82 Å². The lowest BCUT2D eigenvalue weighted by atomic mass is 10.2. The first-order chi connectivity index (χ1) is 11.6. The number of hydrogen-bond donors (Lipinski definition) is 0. The molecule has 0 saturated heterocycles. The largest absolute Gasteiger partial charge is 0.290 e. The van der Waals surface area contributed by atoms with Gasteiger partial charge in [0.15, 0.2) is 16.8 Å². The number of nitrogens with zero attached hydrogens (tertiary/aromatic N) is 4. The number of rotatable bonds is 5. The fourth-order valence-electron chi connectivity index (χ4n) is 2.18. The average Bonchev–Trinajstić information content (AvgIpc) is 2.95. The molecular weight excluding hydrogens is 338 g/mol. The molecule has 3 aromatic rings. The second-order valence-electron chi connectivity index (χ2n) is 4.92. The van der Waals surface area contributed by atoms with Gasteiger partial charge in [0.1, 0.15) is 11.5 Å². The summed E-state index contributed by atoms with van der Waals surface area (Å²) in [6, 6.07) is 7.82. The second kappa shape index (κ2) is 6.84. The zero-order valence-electron chi connectivity index (χ0n) is 12.2. The molecular formula is C16H10ClF2N4O. The van der Waals surface area contributed by atoms with Gasteiger partial charge in [-0.3, -0.25) is 9.48 Å². The molecule has 8 heteroatoms. The van der Waals surface area contributed by atoms with Gasteiger partial charge in [-0.2, -0.15) is 5.10 Å². The number of hydrogen-bond acceptors (Lipinski definition) is 4. The molecule has 3 rings (SSSR count). The lowest BCUT2D eigenvalue weighted by Crippen LogP contribution is -2.08. The molecule has 0 unspecified atom stereocenters. The highest BCUT2D eigenvalue weighted by atomic mass is 35.5. The Morgan fingerprint density at radius 2 is 2.00 bits per heavy atom. The normalized spacial score (nSPS) is 10.8. The van der Waals surface area contributed by atoms with Crippen molar-refractivity contribution in [2.24, 2.45) is 0 Å². The maximum atomic E-state index is 13.8. The standard InChI is InChI=1S/C16H10ClF2N4O/c17-15-13(19)8-20-16(21-15)14-7-11(5-6-24)23(22-14)9-10-3-1-2-4-12(10)18/h1-4,7-8H,5,9H2. The Balaban J connectivity index is 2.00. The zero-order chi connectivity index (χ0) is 17.1. The van der Waals surface area contributed by atoms with Crippen LogP contribution in [-0.4, -0.2) is 26.0 Å². The maximum Gasteiger partial charge on any atom is 0.204 e. The van der Waals surface area contributed by atoms with Gasteiger partial charge in [-0.05, 0) is 12.1 Å². The number of aromatic nitrogens is 4. The number of carbonyl (C=O) groups excluding carboxylic acids is 1. The van der Waals surface area contributed by atoms with Crippen LogP contribution in [0, 0.1) is 11.6 Å². The maximum absolute atomic E-state index is 13.8. The van der Waals surface area contributed by atoms with Crippen LogP contribution in [0.2, 0.25) is 5.15 Å². The van der Waals surface area contributed by atoms with Gasteiger partial charge >= 0.3 is 0 Å². The van der Waals surface area contributed by atoms with E-state index >= 15 is 0 Å². The van der Waals surface area contributed by atoms with Gasteiger partial charge in [0.05, 0.1) is 19.2 Å². The SMILES string of the molecule is O=[C]Cc1cc(-c2ncc(F)c(Cl)n2)nn1Cc1ccccc1F. The number of halogens is 3. The van der Waals surface area contributed by atoms with Gasteiger partial charge in [-0.25, -0.2) is 18.7 Å². The molecule has 0 N–H and O–H groups in total. The summed E-state index contributed by atoms with van der Waals surface area (Å²) in [7, 11) is 0. The Labute approximate surface area is 140 Å². The van der Waals surface area contributed by atoms with Crippen LogP contribution in [-0.2, 0) is 17.8 Å². The van der Waals surface area contributed by atoms with Gasteiger partial charge in [0.2, 0.25) is 6.29 Å². The van der Waals surface area contributed by atoms with E-state index in [1.807, 2.05) is 0 Å². The van der Waals surface area contributed by atoms with Gasteiger partial charge in [-0.1, -0.05) is 29.8 Å². The molecule has 2 heterocycles. The summed E-state index contributed by atoms with van der Waals surface area (Å²) in [4.78, 5) is 18.4. The Morgan fingerprint density at radius 1 is 1.21 bits per heavy atom.